The van der Waals surface area contributed by atoms with Crippen LogP contribution < -0.4 is 11.1 Å². The average molecular weight is 621 g/mol. The van der Waals surface area contributed by atoms with Gasteiger partial charge in [-0.15, -0.1) is 23.5 Å². The Morgan fingerprint density at radius 2 is 1.27 bits per heavy atom. The minimum Gasteiger partial charge on any atom is -0.396 e. The number of nitrogens with two attached hydrogens (primary N) is 1. The molecule has 0 aliphatic carbocycles. The van der Waals surface area contributed by atoms with E-state index in [1.54, 1.807) is 58.8 Å². The van der Waals surface area contributed by atoms with Gasteiger partial charge in [0.15, 0.2) is 5.11 Å². The van der Waals surface area contributed by atoms with E-state index < -0.39 is 0 Å². The third-order valence-corrected chi connectivity index (χ3v) is 10.2. The van der Waals surface area contributed by atoms with Crippen LogP contribution in [0.5, 0.6) is 0 Å². The Bertz CT molecular complexity index is 876. The van der Waals surface area contributed by atoms with Gasteiger partial charge in [0.1, 0.15) is 0 Å². The Kier molecular flexibility index (Phi) is 18.3. The van der Waals surface area contributed by atoms with E-state index in [0.29, 0.717) is 48.5 Å². The van der Waals surface area contributed by atoms with E-state index in [-0.39, 0.29) is 23.9 Å². The minimum atomic E-state index is -0.373. The molecule has 2 unspecified atom stereocenters. The number of thioether (sulfide) groups is 4. The van der Waals surface area contributed by atoms with Crippen LogP contribution in [-0.4, -0.2) is 93.5 Å². The lowest BCUT2D eigenvalue weighted by molar-refractivity contribution is 0.155. The zero-order valence-electron chi connectivity index (χ0n) is 20.6. The summed E-state index contributed by atoms with van der Waals surface area (Å²) >= 11 is 13.0. The van der Waals surface area contributed by atoms with Crippen molar-refractivity contribution < 1.29 is 20.1 Å². The summed E-state index contributed by atoms with van der Waals surface area (Å²) in [6.07, 6.45) is -0.737. The van der Waals surface area contributed by atoms with E-state index in [4.69, 9.17) is 27.8 Å². The first-order valence-electron chi connectivity index (χ1n) is 11.8. The topological polar surface area (TPSA) is 108 Å². The number of rotatable bonds is 20. The number of aliphatic hydroxyl groups excluding tert-OH is 3. The predicted octanol–water partition coefficient (Wildman–Crippen LogP) is 4.05. The summed E-state index contributed by atoms with van der Waals surface area (Å²) in [5.74, 6) is 4.14. The van der Waals surface area contributed by atoms with Gasteiger partial charge in [-0.25, -0.2) is 0 Å². The number of ether oxygens (including phenoxy) is 1. The fourth-order valence-corrected chi connectivity index (χ4v) is 7.15. The third-order valence-electron chi connectivity index (χ3n) is 4.54. The van der Waals surface area contributed by atoms with Crippen molar-refractivity contribution in [3.63, 3.8) is 0 Å². The quantitative estimate of drug-likeness (QED) is 0.0837. The molecule has 6 nitrogen and oxygen atoms in total. The summed E-state index contributed by atoms with van der Waals surface area (Å²) in [5, 5.41) is 32.2. The largest absolute Gasteiger partial charge is 0.396 e. The van der Waals surface area contributed by atoms with Crippen molar-refractivity contribution in [1.29, 1.82) is 0 Å². The fraction of sp³-hybridized carbons (Fsp3) is 0.480. The normalized spacial score (nSPS) is 12.8. The molecular formula is C25H36N2O4S6. The van der Waals surface area contributed by atoms with Gasteiger partial charge in [-0.05, 0) is 60.7 Å². The van der Waals surface area contributed by atoms with Gasteiger partial charge in [-0.2, -0.15) is 23.5 Å². The molecular weight excluding hydrogens is 585 g/mol. The number of nitrogens with one attached hydrogen (secondary N) is 1. The van der Waals surface area contributed by atoms with E-state index in [9.17, 15) is 10.2 Å². The molecule has 0 spiro atoms. The van der Waals surface area contributed by atoms with Crippen molar-refractivity contribution in [1.82, 2.24) is 5.32 Å². The van der Waals surface area contributed by atoms with Crippen LogP contribution in [0.2, 0.25) is 0 Å². The van der Waals surface area contributed by atoms with Crippen molar-refractivity contribution in [3.8, 4) is 0 Å². The van der Waals surface area contributed by atoms with E-state index >= 15 is 0 Å². The van der Waals surface area contributed by atoms with Crippen LogP contribution in [0.1, 0.15) is 0 Å². The fourth-order valence-electron chi connectivity index (χ4n) is 2.79. The minimum absolute atomic E-state index is 0.150. The standard InChI is InChI=1S/C25H36N2O4S6/c26-25(32)27-9-11-31-12-14-34-16-20(30)18-36-22-3-7-24(8-4-22)37-23-5-1-21(2-6-23)35-17-19(29)15-33-13-10-28/h1-8,19-20,28-30H,9-18H2,(H3,26,27,32). The van der Waals surface area contributed by atoms with Gasteiger partial charge in [-0.1, -0.05) is 11.8 Å². The first kappa shape index (κ1) is 32.9. The lowest BCUT2D eigenvalue weighted by atomic mass is 10.4. The Morgan fingerprint density at radius 1 is 0.784 bits per heavy atom. The zero-order valence-corrected chi connectivity index (χ0v) is 25.5. The van der Waals surface area contributed by atoms with Crippen LogP contribution in [0.4, 0.5) is 0 Å². The molecule has 0 aliphatic rings. The molecule has 6 N–H and O–H groups in total. The number of benzene rings is 2. The molecule has 2 aromatic carbocycles. The molecule has 0 fully saturated rings. The maximum atomic E-state index is 10.3. The highest BCUT2D eigenvalue weighted by molar-refractivity contribution is 8.01. The first-order valence-corrected chi connectivity index (χ1v) is 17.3. The molecule has 0 saturated carbocycles. The van der Waals surface area contributed by atoms with Gasteiger partial charge < -0.3 is 31.1 Å². The molecule has 2 atom stereocenters. The Morgan fingerprint density at radius 3 is 1.76 bits per heavy atom. The second-order valence-corrected chi connectivity index (χ2v) is 13.8. The van der Waals surface area contributed by atoms with Gasteiger partial charge in [0, 0.05) is 60.6 Å². The summed E-state index contributed by atoms with van der Waals surface area (Å²) in [5.41, 5.74) is 5.35. The number of hydrogen-bond donors (Lipinski definition) is 5. The first-order chi connectivity index (χ1) is 18.0. The zero-order chi connectivity index (χ0) is 26.7. The van der Waals surface area contributed by atoms with Gasteiger partial charge in [0.25, 0.3) is 0 Å². The summed E-state index contributed by atoms with van der Waals surface area (Å²) in [4.78, 5) is 4.61. The van der Waals surface area contributed by atoms with Crippen molar-refractivity contribution >= 4 is 76.1 Å². The number of hydrogen-bond acceptors (Lipinski definition) is 10. The third kappa shape index (κ3) is 16.4. The smallest absolute Gasteiger partial charge is 0.163 e. The second kappa shape index (κ2) is 20.6. The van der Waals surface area contributed by atoms with E-state index in [0.717, 1.165) is 15.5 Å². The molecule has 206 valence electrons. The number of aliphatic hydroxyl groups is 3. The van der Waals surface area contributed by atoms with Crippen molar-refractivity contribution in [3.05, 3.63) is 48.5 Å². The molecule has 37 heavy (non-hydrogen) atoms. The lowest BCUT2D eigenvalue weighted by Gasteiger charge is -2.11. The van der Waals surface area contributed by atoms with Gasteiger partial charge in [0.05, 0.1) is 32.0 Å². The molecule has 0 amide bonds. The highest BCUT2D eigenvalue weighted by atomic mass is 32.2. The molecule has 0 saturated heterocycles. The van der Waals surface area contributed by atoms with E-state index in [1.165, 1.54) is 9.79 Å². The van der Waals surface area contributed by atoms with Crippen molar-refractivity contribution in [2.45, 2.75) is 31.8 Å². The predicted molar refractivity (Wildman–Crippen MR) is 168 cm³/mol. The highest BCUT2D eigenvalue weighted by Crippen LogP contribution is 2.31. The monoisotopic (exact) mass is 620 g/mol. The van der Waals surface area contributed by atoms with Crippen molar-refractivity contribution in [2.24, 2.45) is 5.73 Å². The Labute approximate surface area is 247 Å². The van der Waals surface area contributed by atoms with E-state index in [2.05, 4.69) is 53.8 Å². The van der Waals surface area contributed by atoms with Crippen LogP contribution in [0.25, 0.3) is 0 Å². The summed E-state index contributed by atoms with van der Waals surface area (Å²) in [6.45, 7) is 1.96. The molecule has 0 aliphatic heterocycles. The molecule has 0 heterocycles. The maximum Gasteiger partial charge on any atom is 0.163 e. The van der Waals surface area contributed by atoms with Crippen LogP contribution in [-0.2, 0) is 4.74 Å². The SMILES string of the molecule is NC(=S)NCCOCCSCC(O)CSc1ccc(Sc2ccc(SCC(O)CSCCO)cc2)cc1. The molecule has 0 bridgehead atoms. The van der Waals surface area contributed by atoms with Crippen LogP contribution in [0.15, 0.2) is 68.1 Å². The molecule has 12 heteroatoms. The maximum absolute atomic E-state index is 10.3. The second-order valence-electron chi connectivity index (χ2n) is 7.75. The summed E-state index contributed by atoms with van der Waals surface area (Å²) < 4.78 is 5.48. The summed E-state index contributed by atoms with van der Waals surface area (Å²) in [6, 6.07) is 16.8. The Hall–Kier alpha value is -0.280. The molecule has 2 aromatic rings. The van der Waals surface area contributed by atoms with E-state index in [1.807, 2.05) is 0 Å². The highest BCUT2D eigenvalue weighted by Gasteiger charge is 2.08. The van der Waals surface area contributed by atoms with Crippen LogP contribution in [0.3, 0.4) is 0 Å². The molecule has 0 radical (unpaired) electrons. The van der Waals surface area contributed by atoms with Gasteiger partial charge in [0.2, 0.25) is 0 Å². The lowest BCUT2D eigenvalue weighted by Crippen LogP contribution is -2.32. The van der Waals surface area contributed by atoms with Crippen LogP contribution >= 0.6 is 71.0 Å². The van der Waals surface area contributed by atoms with Crippen LogP contribution in [0, 0.1) is 0 Å². The average Bonchev–Trinajstić information content (AvgIpc) is 2.89. The van der Waals surface area contributed by atoms with Gasteiger partial charge in [-0.3, -0.25) is 0 Å². The summed E-state index contributed by atoms with van der Waals surface area (Å²) in [7, 11) is 0. The Balaban J connectivity index is 1.60. The number of thiocarbonyl (C=S) groups is 1. The molecule has 0 aromatic heterocycles. The van der Waals surface area contributed by atoms with Crippen molar-refractivity contribution in [2.75, 3.05) is 60.9 Å². The molecule has 2 rings (SSSR count). The van der Waals surface area contributed by atoms with Gasteiger partial charge >= 0.3 is 0 Å².